The number of benzene rings is 2. The van der Waals surface area contributed by atoms with E-state index in [9.17, 15) is 0 Å². The fourth-order valence-electron chi connectivity index (χ4n) is 2.25. The van der Waals surface area contributed by atoms with Gasteiger partial charge < -0.3 is 9.47 Å². The lowest BCUT2D eigenvalue weighted by Gasteiger charge is -2.14. The van der Waals surface area contributed by atoms with Gasteiger partial charge in [-0.2, -0.15) is 5.10 Å². The van der Waals surface area contributed by atoms with Gasteiger partial charge in [-0.1, -0.05) is 24.3 Å². The summed E-state index contributed by atoms with van der Waals surface area (Å²) in [6.45, 7) is 6.32. The van der Waals surface area contributed by atoms with Gasteiger partial charge >= 0.3 is 0 Å². The molecule has 0 aliphatic heterocycles. The Labute approximate surface area is 137 Å². The molecule has 0 aliphatic rings. The van der Waals surface area contributed by atoms with E-state index < -0.39 is 0 Å². The van der Waals surface area contributed by atoms with Crippen LogP contribution in [0.4, 0.5) is 5.69 Å². The molecule has 0 aliphatic carbocycles. The van der Waals surface area contributed by atoms with E-state index in [-0.39, 0.29) is 0 Å². The van der Waals surface area contributed by atoms with Crippen molar-refractivity contribution in [1.29, 1.82) is 0 Å². The molecule has 2 aromatic rings. The maximum atomic E-state index is 5.68. The largest absolute Gasteiger partial charge is 0.493 e. The third-order valence-corrected chi connectivity index (χ3v) is 3.20. The lowest BCUT2D eigenvalue weighted by Crippen LogP contribution is -2.01. The third-order valence-electron chi connectivity index (χ3n) is 3.20. The van der Waals surface area contributed by atoms with Crippen LogP contribution in [0.25, 0.3) is 0 Å². The maximum Gasteiger partial charge on any atom is 0.164 e. The summed E-state index contributed by atoms with van der Waals surface area (Å²) in [5.41, 5.74) is 5.90. The molecule has 120 valence electrons. The molecule has 0 radical (unpaired) electrons. The van der Waals surface area contributed by atoms with E-state index in [1.807, 2.05) is 55.5 Å². The topological polar surface area (TPSA) is 42.9 Å². The molecule has 2 aromatic carbocycles. The molecule has 0 fully saturated rings. The summed E-state index contributed by atoms with van der Waals surface area (Å²) in [7, 11) is 1.65. The Kier molecular flexibility index (Phi) is 6.24. The molecular formula is C19H22N2O2. The highest BCUT2D eigenvalue weighted by atomic mass is 16.5. The van der Waals surface area contributed by atoms with Crippen LogP contribution in [0.15, 0.2) is 60.2 Å². The fourth-order valence-corrected chi connectivity index (χ4v) is 2.25. The van der Waals surface area contributed by atoms with Crippen LogP contribution in [0, 0.1) is 0 Å². The van der Waals surface area contributed by atoms with Crippen molar-refractivity contribution in [2.75, 3.05) is 19.1 Å². The number of para-hydroxylation sites is 1. The summed E-state index contributed by atoms with van der Waals surface area (Å²) in [5.74, 6) is 1.47. The van der Waals surface area contributed by atoms with Crippen molar-refractivity contribution < 1.29 is 9.47 Å². The van der Waals surface area contributed by atoms with Gasteiger partial charge in [-0.3, -0.25) is 5.43 Å². The van der Waals surface area contributed by atoms with Crippen molar-refractivity contribution >= 4 is 11.9 Å². The van der Waals surface area contributed by atoms with Gasteiger partial charge in [0.1, 0.15) is 0 Å². The van der Waals surface area contributed by atoms with Crippen LogP contribution in [0.1, 0.15) is 18.1 Å². The molecule has 0 amide bonds. The quantitative estimate of drug-likeness (QED) is 0.450. The average Bonchev–Trinajstić information content (AvgIpc) is 2.56. The molecule has 4 heteroatoms. The molecule has 0 heterocycles. The normalized spacial score (nSPS) is 10.5. The molecule has 0 saturated carbocycles. The maximum absolute atomic E-state index is 5.68. The van der Waals surface area contributed by atoms with Crippen LogP contribution >= 0.6 is 0 Å². The average molecular weight is 310 g/mol. The zero-order valence-electron chi connectivity index (χ0n) is 13.6. The third kappa shape index (κ3) is 4.61. The van der Waals surface area contributed by atoms with E-state index in [1.165, 1.54) is 0 Å². The Bertz CT molecular complexity index is 667. The van der Waals surface area contributed by atoms with Crippen molar-refractivity contribution in [1.82, 2.24) is 0 Å². The minimum Gasteiger partial charge on any atom is -0.493 e. The second kappa shape index (κ2) is 8.63. The highest BCUT2D eigenvalue weighted by Gasteiger charge is 2.11. The van der Waals surface area contributed by atoms with E-state index in [0.717, 1.165) is 28.3 Å². The number of rotatable bonds is 8. The summed E-state index contributed by atoms with van der Waals surface area (Å²) in [5, 5.41) is 4.27. The number of anilines is 1. The minimum absolute atomic E-state index is 0.576. The number of nitrogens with zero attached hydrogens (tertiary/aromatic N) is 1. The van der Waals surface area contributed by atoms with Gasteiger partial charge in [-0.15, -0.1) is 6.58 Å². The highest BCUT2D eigenvalue weighted by Crippen LogP contribution is 2.33. The number of ether oxygens (including phenoxy) is 2. The van der Waals surface area contributed by atoms with Gasteiger partial charge in [-0.05, 0) is 43.2 Å². The summed E-state index contributed by atoms with van der Waals surface area (Å²) in [6, 6.07) is 13.8. The number of allylic oxidation sites excluding steroid dienone is 1. The van der Waals surface area contributed by atoms with Crippen LogP contribution in [0.2, 0.25) is 0 Å². The van der Waals surface area contributed by atoms with Crippen molar-refractivity contribution in [3.8, 4) is 11.5 Å². The number of hydrogen-bond acceptors (Lipinski definition) is 4. The Balaban J connectivity index is 2.25. The lowest BCUT2D eigenvalue weighted by atomic mass is 10.1. The van der Waals surface area contributed by atoms with Gasteiger partial charge in [0.25, 0.3) is 0 Å². The minimum atomic E-state index is 0.576. The smallest absolute Gasteiger partial charge is 0.164 e. The second-order valence-electron chi connectivity index (χ2n) is 4.87. The van der Waals surface area contributed by atoms with Crippen molar-refractivity contribution in [3.05, 3.63) is 66.2 Å². The number of methoxy groups -OCH3 is 1. The van der Waals surface area contributed by atoms with Gasteiger partial charge in [0, 0.05) is 5.56 Å². The Morgan fingerprint density at radius 2 is 2.00 bits per heavy atom. The standard InChI is InChI=1S/C19H22N2O2/c1-4-9-16-12-15(13-18(23-5-2)19(16)22-3)14-20-21-17-10-7-6-8-11-17/h4,6-8,10-14,21H,1,5,9H2,2-3H3. The first-order valence-corrected chi connectivity index (χ1v) is 7.57. The lowest BCUT2D eigenvalue weighted by molar-refractivity contribution is 0.309. The highest BCUT2D eigenvalue weighted by molar-refractivity contribution is 5.82. The van der Waals surface area contributed by atoms with E-state index >= 15 is 0 Å². The van der Waals surface area contributed by atoms with E-state index in [4.69, 9.17) is 9.47 Å². The first-order valence-electron chi connectivity index (χ1n) is 7.57. The molecule has 0 bridgehead atoms. The molecule has 0 spiro atoms. The van der Waals surface area contributed by atoms with Crippen LogP contribution < -0.4 is 14.9 Å². The van der Waals surface area contributed by atoms with E-state index in [0.29, 0.717) is 13.0 Å². The zero-order chi connectivity index (χ0) is 16.5. The van der Waals surface area contributed by atoms with Gasteiger partial charge in [0.15, 0.2) is 11.5 Å². The molecule has 0 atom stereocenters. The Morgan fingerprint density at radius 3 is 2.65 bits per heavy atom. The predicted molar refractivity (Wildman–Crippen MR) is 95.7 cm³/mol. The first kappa shape index (κ1) is 16.6. The summed E-state index contributed by atoms with van der Waals surface area (Å²) >= 11 is 0. The monoisotopic (exact) mass is 310 g/mol. The van der Waals surface area contributed by atoms with Gasteiger partial charge in [0.05, 0.1) is 25.6 Å². The molecule has 0 saturated heterocycles. The molecule has 23 heavy (non-hydrogen) atoms. The Hall–Kier alpha value is -2.75. The van der Waals surface area contributed by atoms with E-state index in [2.05, 4.69) is 17.1 Å². The van der Waals surface area contributed by atoms with Gasteiger partial charge in [0.2, 0.25) is 0 Å². The van der Waals surface area contributed by atoms with Crippen LogP contribution in [0.5, 0.6) is 11.5 Å². The number of nitrogens with one attached hydrogen (secondary N) is 1. The molecule has 4 nitrogen and oxygen atoms in total. The molecule has 0 unspecified atom stereocenters. The summed E-state index contributed by atoms with van der Waals surface area (Å²) in [6.07, 6.45) is 4.31. The number of hydrazone groups is 1. The molecule has 1 N–H and O–H groups in total. The number of hydrogen-bond donors (Lipinski definition) is 1. The first-order chi connectivity index (χ1) is 11.3. The summed E-state index contributed by atoms with van der Waals surface area (Å²) < 4.78 is 11.2. The van der Waals surface area contributed by atoms with Crippen molar-refractivity contribution in [2.45, 2.75) is 13.3 Å². The fraction of sp³-hybridized carbons (Fsp3) is 0.211. The molecule has 2 rings (SSSR count). The summed E-state index contributed by atoms with van der Waals surface area (Å²) in [4.78, 5) is 0. The predicted octanol–water partition coefficient (Wildman–Crippen LogP) is 4.27. The molecule has 0 aromatic heterocycles. The Morgan fingerprint density at radius 1 is 1.22 bits per heavy atom. The van der Waals surface area contributed by atoms with Crippen molar-refractivity contribution in [2.24, 2.45) is 5.10 Å². The SMILES string of the molecule is C=CCc1cc(C=NNc2ccccc2)cc(OCC)c1OC. The second-order valence-corrected chi connectivity index (χ2v) is 4.87. The van der Waals surface area contributed by atoms with Crippen molar-refractivity contribution in [3.63, 3.8) is 0 Å². The zero-order valence-corrected chi connectivity index (χ0v) is 13.6. The van der Waals surface area contributed by atoms with E-state index in [1.54, 1.807) is 13.3 Å². The van der Waals surface area contributed by atoms with Crippen LogP contribution in [0.3, 0.4) is 0 Å². The van der Waals surface area contributed by atoms with Gasteiger partial charge in [-0.25, -0.2) is 0 Å². The van der Waals surface area contributed by atoms with Crippen LogP contribution in [-0.4, -0.2) is 19.9 Å². The van der Waals surface area contributed by atoms with Crippen LogP contribution in [-0.2, 0) is 6.42 Å². The molecular weight excluding hydrogens is 288 g/mol.